The lowest BCUT2D eigenvalue weighted by Crippen LogP contribution is -2.45. The standard InChI is InChI=1S/C29H33N5O4S/c1-38-21-13-11-19(12-14-21)17-30-25(35)16-15-24-28(37)33-27-22-9-5-6-10-23(22)32-29(34(24)27)39-18-26(36)31-20-7-3-2-4-8-20/h5-6,9-14,20,24H,2-4,7-8,15-18H2,1H3,(H,30,35)(H,31,36). The van der Waals surface area contributed by atoms with Gasteiger partial charge in [0.2, 0.25) is 11.8 Å². The van der Waals surface area contributed by atoms with Crippen molar-refractivity contribution >= 4 is 46.2 Å². The van der Waals surface area contributed by atoms with Gasteiger partial charge in [-0.3, -0.25) is 19.3 Å². The quantitative estimate of drug-likeness (QED) is 0.492. The molecule has 9 nitrogen and oxygen atoms in total. The highest BCUT2D eigenvalue weighted by Crippen LogP contribution is 2.35. The Hall–Kier alpha value is -3.66. The zero-order valence-electron chi connectivity index (χ0n) is 22.0. The Morgan fingerprint density at radius 2 is 1.79 bits per heavy atom. The van der Waals surface area contributed by atoms with E-state index in [9.17, 15) is 14.4 Å². The molecule has 1 saturated carbocycles. The van der Waals surface area contributed by atoms with Crippen LogP contribution in [0.4, 0.5) is 5.69 Å². The van der Waals surface area contributed by atoms with Crippen LogP contribution in [-0.2, 0) is 20.9 Å². The van der Waals surface area contributed by atoms with Crippen LogP contribution >= 0.6 is 11.8 Å². The van der Waals surface area contributed by atoms with Gasteiger partial charge in [0.1, 0.15) is 17.6 Å². The Kier molecular flexibility index (Phi) is 8.61. The zero-order valence-corrected chi connectivity index (χ0v) is 22.8. The molecule has 2 aromatic rings. The maximum absolute atomic E-state index is 13.0. The first-order chi connectivity index (χ1) is 19.0. The van der Waals surface area contributed by atoms with Crippen molar-refractivity contribution in [3.05, 3.63) is 59.7 Å². The second kappa shape index (κ2) is 12.5. The van der Waals surface area contributed by atoms with Crippen molar-refractivity contribution in [2.75, 3.05) is 12.9 Å². The van der Waals surface area contributed by atoms with Crippen LogP contribution in [0.1, 0.15) is 56.1 Å². The summed E-state index contributed by atoms with van der Waals surface area (Å²) in [6.45, 7) is 0.388. The zero-order chi connectivity index (χ0) is 27.2. The number of ether oxygens (including phenoxy) is 1. The lowest BCUT2D eigenvalue weighted by molar-refractivity contribution is -0.122. The van der Waals surface area contributed by atoms with Crippen molar-refractivity contribution in [1.82, 2.24) is 15.5 Å². The molecule has 0 radical (unpaired) electrons. The van der Waals surface area contributed by atoms with Crippen molar-refractivity contribution in [3.8, 4) is 5.75 Å². The number of thioether (sulfide) groups is 1. The first-order valence-electron chi connectivity index (χ1n) is 13.4. The Morgan fingerprint density at radius 3 is 2.56 bits per heavy atom. The Labute approximate surface area is 232 Å². The van der Waals surface area contributed by atoms with Crippen LogP contribution in [0.15, 0.2) is 58.5 Å². The van der Waals surface area contributed by atoms with Gasteiger partial charge in [-0.1, -0.05) is 55.3 Å². The number of fused-ring (bicyclic) bond motifs is 3. The first kappa shape index (κ1) is 26.9. The fourth-order valence-corrected chi connectivity index (χ4v) is 5.98. The van der Waals surface area contributed by atoms with E-state index < -0.39 is 6.04 Å². The van der Waals surface area contributed by atoms with Crippen molar-refractivity contribution < 1.29 is 19.1 Å². The minimum atomic E-state index is -0.646. The van der Waals surface area contributed by atoms with E-state index in [1.165, 1.54) is 18.2 Å². The van der Waals surface area contributed by atoms with Gasteiger partial charge >= 0.3 is 0 Å². The van der Waals surface area contributed by atoms with E-state index in [2.05, 4.69) is 15.6 Å². The van der Waals surface area contributed by atoms with Gasteiger partial charge in [-0.25, -0.2) is 4.99 Å². The molecule has 2 N–H and O–H groups in total. The van der Waals surface area contributed by atoms with Crippen molar-refractivity contribution in [3.63, 3.8) is 0 Å². The summed E-state index contributed by atoms with van der Waals surface area (Å²) in [5.41, 5.74) is 2.44. The number of benzene rings is 2. The van der Waals surface area contributed by atoms with Gasteiger partial charge in [0.15, 0.2) is 5.17 Å². The molecule has 204 valence electrons. The lowest BCUT2D eigenvalue weighted by Gasteiger charge is -2.31. The maximum Gasteiger partial charge on any atom is 0.270 e. The van der Waals surface area contributed by atoms with Crippen LogP contribution in [0.5, 0.6) is 5.75 Å². The van der Waals surface area contributed by atoms with E-state index in [1.54, 1.807) is 12.0 Å². The Bertz CT molecular complexity index is 1290. The number of methoxy groups -OCH3 is 1. The minimum Gasteiger partial charge on any atom is -0.497 e. The van der Waals surface area contributed by atoms with Gasteiger partial charge in [0.25, 0.3) is 5.91 Å². The van der Waals surface area contributed by atoms with E-state index in [-0.39, 0.29) is 42.4 Å². The monoisotopic (exact) mass is 547 g/mol. The molecule has 2 aliphatic heterocycles. The lowest BCUT2D eigenvalue weighted by atomic mass is 9.95. The topological polar surface area (TPSA) is 112 Å². The van der Waals surface area contributed by atoms with Crippen LogP contribution in [0.25, 0.3) is 0 Å². The second-order valence-electron chi connectivity index (χ2n) is 9.93. The highest BCUT2D eigenvalue weighted by molar-refractivity contribution is 8.14. The molecule has 0 saturated heterocycles. The molecule has 0 spiro atoms. The fraction of sp³-hybridized carbons (Fsp3) is 0.414. The molecule has 2 heterocycles. The summed E-state index contributed by atoms with van der Waals surface area (Å²) in [5.74, 6) is 0.999. The van der Waals surface area contributed by atoms with Crippen LogP contribution in [-0.4, -0.2) is 58.6 Å². The van der Waals surface area contributed by atoms with Gasteiger partial charge in [0, 0.05) is 24.6 Å². The van der Waals surface area contributed by atoms with E-state index in [4.69, 9.17) is 9.73 Å². The molecule has 1 fully saturated rings. The molecule has 1 atom stereocenters. The highest BCUT2D eigenvalue weighted by Gasteiger charge is 2.41. The number of aliphatic imine (C=N–C) groups is 2. The number of amidine groups is 2. The van der Waals surface area contributed by atoms with Crippen LogP contribution in [0, 0.1) is 0 Å². The maximum atomic E-state index is 13.0. The van der Waals surface area contributed by atoms with E-state index in [0.717, 1.165) is 42.6 Å². The molecule has 0 aromatic heterocycles. The van der Waals surface area contributed by atoms with Gasteiger partial charge in [-0.05, 0) is 49.1 Å². The number of nitrogens with zero attached hydrogens (tertiary/aromatic N) is 3. The number of hydrogen-bond donors (Lipinski definition) is 2. The average Bonchev–Trinajstić information content (AvgIpc) is 3.30. The van der Waals surface area contributed by atoms with Crippen molar-refractivity contribution in [2.24, 2.45) is 9.98 Å². The highest BCUT2D eigenvalue weighted by atomic mass is 32.2. The molecule has 1 unspecified atom stereocenters. The number of carbonyl (C=O) groups excluding carboxylic acids is 3. The average molecular weight is 548 g/mol. The Balaban J connectivity index is 1.23. The number of amides is 3. The summed E-state index contributed by atoms with van der Waals surface area (Å²) in [4.78, 5) is 49.4. The van der Waals surface area contributed by atoms with Crippen LogP contribution in [0.2, 0.25) is 0 Å². The largest absolute Gasteiger partial charge is 0.497 e. The molecule has 3 amide bonds. The molecule has 10 heteroatoms. The van der Waals surface area contributed by atoms with Gasteiger partial charge in [-0.15, -0.1) is 0 Å². The van der Waals surface area contributed by atoms with E-state index in [0.29, 0.717) is 23.2 Å². The van der Waals surface area contributed by atoms with Crippen molar-refractivity contribution in [2.45, 2.75) is 63.6 Å². The predicted molar refractivity (Wildman–Crippen MR) is 152 cm³/mol. The van der Waals surface area contributed by atoms with E-state index in [1.807, 2.05) is 48.5 Å². The van der Waals surface area contributed by atoms with Gasteiger partial charge in [0.05, 0.1) is 18.6 Å². The summed E-state index contributed by atoms with van der Waals surface area (Å²) >= 11 is 1.30. The van der Waals surface area contributed by atoms with Crippen LogP contribution < -0.4 is 15.4 Å². The number of nitrogens with one attached hydrogen (secondary N) is 2. The van der Waals surface area contributed by atoms with Gasteiger partial charge in [-0.2, -0.15) is 4.99 Å². The number of para-hydroxylation sites is 1. The van der Waals surface area contributed by atoms with Crippen LogP contribution in [0.3, 0.4) is 0 Å². The normalized spacial score (nSPS) is 18.5. The predicted octanol–water partition coefficient (Wildman–Crippen LogP) is 3.93. The molecular formula is C29H33N5O4S. The third-order valence-electron chi connectivity index (χ3n) is 7.20. The molecular weight excluding hydrogens is 514 g/mol. The summed E-state index contributed by atoms with van der Waals surface area (Å²) in [5, 5.41) is 6.61. The summed E-state index contributed by atoms with van der Waals surface area (Å²) in [6.07, 6.45) is 6.00. The summed E-state index contributed by atoms with van der Waals surface area (Å²) in [6, 6.07) is 14.6. The number of carbonyl (C=O) groups is 3. The molecule has 1 aliphatic carbocycles. The molecule has 0 bridgehead atoms. The third-order valence-corrected chi connectivity index (χ3v) is 8.16. The van der Waals surface area contributed by atoms with Gasteiger partial charge < -0.3 is 15.4 Å². The summed E-state index contributed by atoms with van der Waals surface area (Å²) in [7, 11) is 1.61. The number of hydrogen-bond acceptors (Lipinski definition) is 7. The molecule has 2 aromatic carbocycles. The fourth-order valence-electron chi connectivity index (χ4n) is 5.12. The van der Waals surface area contributed by atoms with Crippen molar-refractivity contribution in [1.29, 1.82) is 0 Å². The summed E-state index contributed by atoms with van der Waals surface area (Å²) < 4.78 is 5.17. The smallest absolute Gasteiger partial charge is 0.270 e. The minimum absolute atomic E-state index is 0.0352. The SMILES string of the molecule is COc1ccc(CNC(=O)CCC2C(=O)N=C3c4ccccc4N=C(SCC(=O)NC4CCCCC4)N32)cc1. The molecule has 3 aliphatic rings. The number of rotatable bonds is 9. The molecule has 39 heavy (non-hydrogen) atoms. The van der Waals surface area contributed by atoms with E-state index >= 15 is 0 Å². The Morgan fingerprint density at radius 1 is 1.03 bits per heavy atom. The second-order valence-corrected chi connectivity index (χ2v) is 10.9. The molecule has 5 rings (SSSR count). The third kappa shape index (κ3) is 6.50. The first-order valence-corrected chi connectivity index (χ1v) is 14.4.